The summed E-state index contributed by atoms with van der Waals surface area (Å²) >= 11 is 0. The van der Waals surface area contributed by atoms with E-state index in [1.165, 1.54) is 0 Å². The number of aliphatic hydroxyl groups is 1. The number of rotatable bonds is 3. The summed E-state index contributed by atoms with van der Waals surface area (Å²) in [5, 5.41) is 9.97. The summed E-state index contributed by atoms with van der Waals surface area (Å²) in [5.74, 6) is 0.0185. The van der Waals surface area contributed by atoms with Gasteiger partial charge in [0.1, 0.15) is 0 Å². The van der Waals surface area contributed by atoms with Gasteiger partial charge in [0.25, 0.3) is 0 Å². The van der Waals surface area contributed by atoms with Crippen molar-refractivity contribution < 1.29 is 14.3 Å². The summed E-state index contributed by atoms with van der Waals surface area (Å²) < 4.78 is 6.04. The van der Waals surface area contributed by atoms with E-state index in [-0.39, 0.29) is 17.2 Å². The van der Waals surface area contributed by atoms with Crippen LogP contribution in [0.1, 0.15) is 40.5 Å². The lowest BCUT2D eigenvalue weighted by Gasteiger charge is -2.37. The highest BCUT2D eigenvalue weighted by atomic mass is 28.4. The van der Waals surface area contributed by atoms with Gasteiger partial charge in [-0.2, -0.15) is 0 Å². The second-order valence-corrected chi connectivity index (χ2v) is 11.9. The molecule has 1 N–H and O–H groups in total. The van der Waals surface area contributed by atoms with Crippen LogP contribution in [0.5, 0.6) is 0 Å². The fourth-order valence-corrected chi connectivity index (χ4v) is 2.55. The molecule has 0 saturated heterocycles. The largest absolute Gasteiger partial charge is 0.412 e. The van der Waals surface area contributed by atoms with Crippen LogP contribution in [0.3, 0.4) is 0 Å². The summed E-state index contributed by atoms with van der Waals surface area (Å²) in [7, 11) is -1.81. The van der Waals surface area contributed by atoms with E-state index >= 15 is 0 Å². The number of Topliss-reactive ketones (excluding diaryl/α,β-unsaturated/α-hetero) is 1. The molecule has 1 rings (SSSR count). The Hall–Kier alpha value is -0.453. The predicted octanol–water partition coefficient (Wildman–Crippen LogP) is 3.05. The van der Waals surface area contributed by atoms with Crippen molar-refractivity contribution >= 4 is 14.1 Å². The number of hydrogen-bond acceptors (Lipinski definition) is 3. The lowest BCUT2D eigenvalue weighted by molar-refractivity contribution is -0.121. The van der Waals surface area contributed by atoms with E-state index < -0.39 is 13.9 Å². The standard InChI is InChI=1S/C14H26O3Si/c1-13(2,3)18(5,6)17-10-11-7-8-14(4,16)9-12(11)15/h7,16H,8-10H2,1-6H3. The van der Waals surface area contributed by atoms with E-state index in [0.29, 0.717) is 13.0 Å². The highest BCUT2D eigenvalue weighted by Crippen LogP contribution is 2.37. The van der Waals surface area contributed by atoms with Gasteiger partial charge in [-0.1, -0.05) is 26.8 Å². The molecule has 0 aromatic carbocycles. The molecule has 3 nitrogen and oxygen atoms in total. The molecule has 1 aliphatic rings. The molecule has 1 unspecified atom stereocenters. The van der Waals surface area contributed by atoms with Gasteiger partial charge in [-0.05, 0) is 31.5 Å². The van der Waals surface area contributed by atoms with Crippen molar-refractivity contribution in [1.82, 2.24) is 0 Å². The van der Waals surface area contributed by atoms with Gasteiger partial charge in [-0.3, -0.25) is 4.79 Å². The van der Waals surface area contributed by atoms with Crippen LogP contribution in [-0.2, 0) is 9.22 Å². The first kappa shape index (κ1) is 15.6. The van der Waals surface area contributed by atoms with Crippen molar-refractivity contribution in [2.75, 3.05) is 6.61 Å². The normalized spacial score (nSPS) is 26.2. The molecule has 0 saturated carbocycles. The quantitative estimate of drug-likeness (QED) is 0.802. The molecule has 0 aromatic rings. The Labute approximate surface area is 111 Å². The molecule has 0 radical (unpaired) electrons. The molecule has 0 amide bonds. The molecule has 0 aromatic heterocycles. The van der Waals surface area contributed by atoms with Crippen molar-refractivity contribution in [1.29, 1.82) is 0 Å². The molecule has 0 heterocycles. The summed E-state index contributed by atoms with van der Waals surface area (Å²) in [5.41, 5.74) is -0.149. The lowest BCUT2D eigenvalue weighted by Crippen LogP contribution is -2.42. The maximum atomic E-state index is 11.9. The number of carbonyl (C=O) groups excluding carboxylic acids is 1. The Balaban J connectivity index is 2.66. The number of hydrogen-bond donors (Lipinski definition) is 1. The van der Waals surface area contributed by atoms with Gasteiger partial charge in [0.2, 0.25) is 0 Å². The monoisotopic (exact) mass is 270 g/mol. The van der Waals surface area contributed by atoms with Gasteiger partial charge in [0, 0.05) is 12.0 Å². The van der Waals surface area contributed by atoms with Crippen LogP contribution < -0.4 is 0 Å². The zero-order valence-corrected chi connectivity index (χ0v) is 13.5. The minimum atomic E-state index is -1.81. The van der Waals surface area contributed by atoms with Gasteiger partial charge < -0.3 is 9.53 Å². The van der Waals surface area contributed by atoms with Crippen LogP contribution in [0.25, 0.3) is 0 Å². The van der Waals surface area contributed by atoms with Crippen molar-refractivity contribution in [3.63, 3.8) is 0 Å². The van der Waals surface area contributed by atoms with Crippen LogP contribution in [0.2, 0.25) is 18.1 Å². The van der Waals surface area contributed by atoms with E-state index in [9.17, 15) is 9.90 Å². The maximum Gasteiger partial charge on any atom is 0.192 e. The Bertz CT molecular complexity index is 362. The van der Waals surface area contributed by atoms with E-state index in [4.69, 9.17) is 4.43 Å². The fraction of sp³-hybridized carbons (Fsp3) is 0.786. The van der Waals surface area contributed by atoms with E-state index in [2.05, 4.69) is 33.9 Å². The average molecular weight is 270 g/mol. The lowest BCUT2D eigenvalue weighted by atomic mass is 9.86. The van der Waals surface area contributed by atoms with E-state index in [1.54, 1.807) is 6.92 Å². The van der Waals surface area contributed by atoms with Crippen molar-refractivity contribution in [3.05, 3.63) is 11.6 Å². The molecule has 0 fully saturated rings. The first-order valence-corrected chi connectivity index (χ1v) is 9.44. The second-order valence-electron chi connectivity index (χ2n) is 7.08. The molecule has 104 valence electrons. The Morgan fingerprint density at radius 1 is 1.44 bits per heavy atom. The molecule has 0 aliphatic heterocycles. The minimum absolute atomic E-state index is 0.0185. The van der Waals surface area contributed by atoms with Crippen molar-refractivity contribution in [2.45, 2.75) is 64.3 Å². The summed E-state index contributed by atoms with van der Waals surface area (Å²) in [6.45, 7) is 13.0. The molecule has 0 spiro atoms. The smallest absolute Gasteiger partial charge is 0.192 e. The SMILES string of the molecule is CC1(O)CC=C(CO[Si](C)(C)C(C)(C)C)C(=O)C1. The van der Waals surface area contributed by atoms with Crippen LogP contribution in [0.4, 0.5) is 0 Å². The number of carbonyl (C=O) groups is 1. The van der Waals surface area contributed by atoms with E-state index in [0.717, 1.165) is 5.57 Å². The predicted molar refractivity (Wildman–Crippen MR) is 76.1 cm³/mol. The Kier molecular flexibility index (Phi) is 4.25. The highest BCUT2D eigenvalue weighted by Gasteiger charge is 2.38. The van der Waals surface area contributed by atoms with Crippen LogP contribution >= 0.6 is 0 Å². The summed E-state index contributed by atoms with van der Waals surface area (Å²) in [6.07, 6.45) is 2.58. The van der Waals surface area contributed by atoms with Crippen LogP contribution in [0, 0.1) is 0 Å². The summed E-state index contributed by atoms with van der Waals surface area (Å²) in [4.78, 5) is 11.9. The van der Waals surface area contributed by atoms with Crippen LogP contribution in [0.15, 0.2) is 11.6 Å². The molecule has 4 heteroatoms. The average Bonchev–Trinajstić information content (AvgIpc) is 2.13. The third-order valence-electron chi connectivity index (χ3n) is 4.08. The topological polar surface area (TPSA) is 46.5 Å². The van der Waals surface area contributed by atoms with Gasteiger partial charge in [-0.25, -0.2) is 0 Å². The summed E-state index contributed by atoms with van der Waals surface area (Å²) in [6, 6.07) is 0. The maximum absolute atomic E-state index is 11.9. The molecule has 1 aliphatic carbocycles. The number of ketones is 1. The Morgan fingerprint density at radius 2 is 2.00 bits per heavy atom. The van der Waals surface area contributed by atoms with Crippen molar-refractivity contribution in [3.8, 4) is 0 Å². The molecule has 0 bridgehead atoms. The van der Waals surface area contributed by atoms with Gasteiger partial charge >= 0.3 is 0 Å². The zero-order chi connectivity index (χ0) is 14.2. The van der Waals surface area contributed by atoms with Gasteiger partial charge in [-0.15, -0.1) is 0 Å². The first-order chi connectivity index (χ1) is 7.95. The first-order valence-electron chi connectivity index (χ1n) is 6.53. The van der Waals surface area contributed by atoms with Crippen molar-refractivity contribution in [2.24, 2.45) is 0 Å². The molecular formula is C14H26O3Si. The minimum Gasteiger partial charge on any atom is -0.412 e. The van der Waals surface area contributed by atoms with Crippen LogP contribution in [-0.4, -0.2) is 31.4 Å². The molecule has 18 heavy (non-hydrogen) atoms. The fourth-order valence-electron chi connectivity index (χ4n) is 1.60. The highest BCUT2D eigenvalue weighted by molar-refractivity contribution is 6.74. The third kappa shape index (κ3) is 3.77. The zero-order valence-electron chi connectivity index (χ0n) is 12.5. The Morgan fingerprint density at radius 3 is 2.44 bits per heavy atom. The van der Waals surface area contributed by atoms with Gasteiger partial charge in [0.15, 0.2) is 14.1 Å². The molecule has 1 atom stereocenters. The van der Waals surface area contributed by atoms with E-state index in [1.807, 2.05) is 6.08 Å². The second kappa shape index (κ2) is 4.91. The molecular weight excluding hydrogens is 244 g/mol. The third-order valence-corrected chi connectivity index (χ3v) is 8.56. The van der Waals surface area contributed by atoms with Gasteiger partial charge in [0.05, 0.1) is 12.2 Å².